The first-order chi connectivity index (χ1) is 51.8. The third-order valence-corrected chi connectivity index (χ3v) is 20.1. The number of benzene rings is 2. The lowest BCUT2D eigenvalue weighted by Gasteiger charge is -2.33. The number of amides is 10. The standard InChI is InChI=1S/C81H123N13O16/c1-14-15-32-56(73(104)88-52(9)72(83)103)44-84-49(6)68(99)69(100)51(8)89-79(110)81(13)38-29-22-20-18-16-17-19-21-28-37-80(12,94-77(108)64(41-55-30-24-23-25-31-55)91-78(109)67(53(10)95)92-76(107)63(40-48(4)5)90-54(11)96)65(97)43-57(42-58-45-85-61-34-27-26-33-60(58)61)74(105)87-50(7)70(101)71(102)62(35-36-66(82)98)86-46-59(39-47(2)3)75(106)93-81/h18,20,23-27,30-31,33-34,45,47-53,56-57,59,62-64,67,84-86,95H,14-17,19,21-22,28-29,32,35-44,46H2,1-13H3,(H2,82,98)(H2,83,103)(H,87,105)(H,88,104)(H,89,110)(H,90,96)(H,91,109)(H,92,107)(H,93,106)(H,94,108)/b20-18+/t49?,50-,51?,52?,53+,56+,57+,59+,62-,63-,64-,67-,80+,81-/m0/s1. The monoisotopic (exact) mass is 1530 g/mol. The first-order valence-electron chi connectivity index (χ1n) is 38.9. The number of hydrogen-bond acceptors (Lipinski definition) is 18. The summed E-state index contributed by atoms with van der Waals surface area (Å²) in [5.41, 5.74) is 9.43. The lowest BCUT2D eigenvalue weighted by molar-refractivity contribution is -0.141. The molecular formula is C81H123N13O16. The Hall–Kier alpha value is -9.35. The first kappa shape index (κ1) is 93.0. The number of carbonyl (C=O) groups excluding carboxylic acids is 15. The molecule has 0 saturated carbocycles. The maximum Gasteiger partial charge on any atom is 0.246 e. The lowest BCUT2D eigenvalue weighted by atomic mass is 9.82. The molecule has 29 nitrogen and oxygen atoms in total. The van der Waals surface area contributed by atoms with Crippen LogP contribution in [0.5, 0.6) is 0 Å². The molecule has 0 saturated heterocycles. The number of nitrogens with one attached hydrogen (secondary N) is 11. The molecule has 14 atom stereocenters. The molecular weight excluding hydrogens is 1410 g/mol. The van der Waals surface area contributed by atoms with Gasteiger partial charge in [0.25, 0.3) is 0 Å². The van der Waals surface area contributed by atoms with Crippen molar-refractivity contribution in [3.8, 4) is 0 Å². The Morgan fingerprint density at radius 2 is 1.31 bits per heavy atom. The minimum atomic E-state index is -1.76. The van der Waals surface area contributed by atoms with Gasteiger partial charge in [-0.3, -0.25) is 71.9 Å². The number of rotatable bonds is 33. The molecule has 0 bridgehead atoms. The fraction of sp³-hybridized carbons (Fsp3) is 0.617. The minimum absolute atomic E-state index is 0.0215. The second-order valence-corrected chi connectivity index (χ2v) is 31.0. The summed E-state index contributed by atoms with van der Waals surface area (Å²) in [6.45, 7) is 20.1. The summed E-state index contributed by atoms with van der Waals surface area (Å²) in [7, 11) is 0. The van der Waals surface area contributed by atoms with Crippen LogP contribution in [0.4, 0.5) is 0 Å². The Bertz CT molecular complexity index is 3690. The van der Waals surface area contributed by atoms with Crippen molar-refractivity contribution in [1.29, 1.82) is 0 Å². The number of Topliss-reactive ketones (excluding diaryl/α,β-unsaturated/α-hetero) is 5. The molecule has 10 amide bonds. The molecule has 4 rings (SSSR count). The number of aliphatic hydroxyl groups excluding tert-OH is 1. The highest BCUT2D eigenvalue weighted by Crippen LogP contribution is 2.28. The largest absolute Gasteiger partial charge is 0.391 e. The molecule has 3 aromatic rings. The zero-order valence-corrected chi connectivity index (χ0v) is 66.6. The van der Waals surface area contributed by atoms with Gasteiger partial charge < -0.3 is 74.7 Å². The van der Waals surface area contributed by atoms with Gasteiger partial charge in [0.1, 0.15) is 29.7 Å². The summed E-state index contributed by atoms with van der Waals surface area (Å²) in [5, 5.41) is 39.4. The second-order valence-electron chi connectivity index (χ2n) is 31.0. The number of unbranched alkanes of at least 4 members (excludes halogenated alkanes) is 1. The smallest absolute Gasteiger partial charge is 0.246 e. The number of aromatic amines is 1. The summed E-state index contributed by atoms with van der Waals surface area (Å²) in [5.74, 6) is -15.1. The summed E-state index contributed by atoms with van der Waals surface area (Å²) in [6.07, 6.45) is 8.50. The van der Waals surface area contributed by atoms with E-state index in [2.05, 4.69) is 58.2 Å². The predicted octanol–water partition coefficient (Wildman–Crippen LogP) is 4.21. The van der Waals surface area contributed by atoms with Crippen LogP contribution >= 0.6 is 0 Å². The van der Waals surface area contributed by atoms with Crippen LogP contribution in [0.15, 0.2) is 72.9 Å². The van der Waals surface area contributed by atoms with Crippen molar-refractivity contribution in [2.24, 2.45) is 41.1 Å². The number of aliphatic hydroxyl groups is 1. The molecule has 2 aromatic carbocycles. The molecule has 0 radical (unpaired) electrons. The van der Waals surface area contributed by atoms with Gasteiger partial charge >= 0.3 is 0 Å². The number of aromatic nitrogens is 1. The van der Waals surface area contributed by atoms with Crippen molar-refractivity contribution in [2.75, 3.05) is 13.1 Å². The molecule has 2 heterocycles. The molecule has 110 heavy (non-hydrogen) atoms. The third kappa shape index (κ3) is 30.5. The molecule has 0 fully saturated rings. The molecule has 0 spiro atoms. The molecule has 1 aliphatic rings. The molecule has 1 aliphatic heterocycles. The van der Waals surface area contributed by atoms with Crippen molar-refractivity contribution in [3.05, 3.63) is 84.1 Å². The van der Waals surface area contributed by atoms with Gasteiger partial charge in [0.15, 0.2) is 5.78 Å². The fourth-order valence-corrected chi connectivity index (χ4v) is 13.3. The van der Waals surface area contributed by atoms with Gasteiger partial charge in [-0.1, -0.05) is 127 Å². The number of fused-ring (bicyclic) bond motifs is 1. The Labute approximate surface area is 647 Å². The quantitative estimate of drug-likeness (QED) is 0.0300. The minimum Gasteiger partial charge on any atom is -0.391 e. The van der Waals surface area contributed by atoms with E-state index >= 15 is 14.4 Å². The summed E-state index contributed by atoms with van der Waals surface area (Å²) >= 11 is 0. The summed E-state index contributed by atoms with van der Waals surface area (Å²) in [6, 6.07) is 5.35. The number of carbonyl (C=O) groups is 15. The highest BCUT2D eigenvalue weighted by Gasteiger charge is 2.43. The van der Waals surface area contributed by atoms with Gasteiger partial charge in [-0.2, -0.15) is 0 Å². The topological polar surface area (TPSA) is 464 Å². The van der Waals surface area contributed by atoms with Crippen molar-refractivity contribution < 1.29 is 77.0 Å². The highest BCUT2D eigenvalue weighted by molar-refractivity contribution is 6.41. The predicted molar refractivity (Wildman–Crippen MR) is 417 cm³/mol. The van der Waals surface area contributed by atoms with Gasteiger partial charge in [0.2, 0.25) is 82.2 Å². The molecule has 1 aromatic heterocycles. The SMILES string of the molecule is CCCC[C@H](CNC(C)C(=O)C(=O)C(C)NC(=O)[C@]1(C)CCC/C=C/CCCCCC[C@@](C)(NC(=O)[C@H](Cc2ccccc2)NC(=O)[C@@H](NC(=O)[C@H](CC(C)C)NC(C)=O)[C@@H](C)O)C(=O)C[C@@H](Cc2c[nH]c3ccccc23)C(=O)N[C@@H](C)C(=O)C(=O)[C@H](CCC(N)=O)NC[C@@H](CC(C)C)C(=O)N1)C(=O)NC(C)C(N)=O. The number of allylic oxidation sites excluding steroid dienone is 2. The van der Waals surface area contributed by atoms with Crippen molar-refractivity contribution in [3.63, 3.8) is 0 Å². The van der Waals surface area contributed by atoms with Crippen LogP contribution in [0.3, 0.4) is 0 Å². The van der Waals surface area contributed by atoms with E-state index in [1.807, 2.05) is 65.0 Å². The van der Waals surface area contributed by atoms with E-state index in [0.717, 1.165) is 17.3 Å². The number of H-pyrrole nitrogens is 1. The van der Waals surface area contributed by atoms with E-state index < -0.39 is 184 Å². The molecule has 608 valence electrons. The number of nitrogens with two attached hydrogens (primary N) is 2. The molecule has 3 unspecified atom stereocenters. The van der Waals surface area contributed by atoms with Crippen LogP contribution < -0.4 is 64.6 Å². The van der Waals surface area contributed by atoms with Gasteiger partial charge in [0, 0.05) is 62.3 Å². The number of hydrogen-bond donors (Lipinski definition) is 14. The maximum atomic E-state index is 15.6. The maximum absolute atomic E-state index is 15.6. The van der Waals surface area contributed by atoms with E-state index in [9.17, 15) is 62.6 Å². The highest BCUT2D eigenvalue weighted by atomic mass is 16.3. The van der Waals surface area contributed by atoms with Gasteiger partial charge in [-0.05, 0) is 148 Å². The average Bonchev–Trinajstić information content (AvgIpc) is 1.38. The first-order valence-corrected chi connectivity index (χ1v) is 38.9. The molecule has 16 N–H and O–H groups in total. The normalized spacial score (nSPS) is 22.4. The van der Waals surface area contributed by atoms with E-state index in [-0.39, 0.29) is 69.9 Å². The van der Waals surface area contributed by atoms with E-state index in [1.165, 1.54) is 55.4 Å². The van der Waals surface area contributed by atoms with Crippen LogP contribution in [-0.2, 0) is 84.8 Å². The van der Waals surface area contributed by atoms with E-state index in [4.69, 9.17) is 11.5 Å². The van der Waals surface area contributed by atoms with Gasteiger partial charge in [0.05, 0.1) is 47.6 Å². The van der Waals surface area contributed by atoms with Gasteiger partial charge in [-0.25, -0.2) is 0 Å². The van der Waals surface area contributed by atoms with E-state index in [0.29, 0.717) is 68.9 Å². The third-order valence-electron chi connectivity index (χ3n) is 20.1. The Morgan fingerprint density at radius 1 is 0.664 bits per heavy atom. The number of para-hydroxylation sites is 1. The van der Waals surface area contributed by atoms with Crippen molar-refractivity contribution >= 4 is 98.9 Å². The van der Waals surface area contributed by atoms with E-state index in [1.54, 1.807) is 42.6 Å². The fourth-order valence-electron chi connectivity index (χ4n) is 13.3. The van der Waals surface area contributed by atoms with Crippen LogP contribution in [0.1, 0.15) is 210 Å². The lowest BCUT2D eigenvalue weighted by Crippen LogP contribution is -2.62. The van der Waals surface area contributed by atoms with Crippen LogP contribution in [0, 0.1) is 29.6 Å². The number of primary amides is 2. The Morgan fingerprint density at radius 3 is 1.94 bits per heavy atom. The van der Waals surface area contributed by atoms with Crippen molar-refractivity contribution in [2.45, 2.75) is 278 Å². The summed E-state index contributed by atoms with van der Waals surface area (Å²) in [4.78, 5) is 213. The Kier molecular flexibility index (Phi) is 38.7. The second kappa shape index (κ2) is 45.7. The van der Waals surface area contributed by atoms with Crippen molar-refractivity contribution in [1.82, 2.24) is 58.2 Å². The van der Waals surface area contributed by atoms with Crippen LogP contribution in [0.2, 0.25) is 0 Å². The van der Waals surface area contributed by atoms with Crippen LogP contribution in [0.25, 0.3) is 10.9 Å². The summed E-state index contributed by atoms with van der Waals surface area (Å²) < 4.78 is 0. The molecule has 29 heteroatoms. The average molecular weight is 1530 g/mol. The zero-order chi connectivity index (χ0) is 82.2. The van der Waals surface area contributed by atoms with Crippen LogP contribution in [-0.4, -0.2) is 177 Å². The Balaban J connectivity index is 1.77. The van der Waals surface area contributed by atoms with Gasteiger partial charge in [-0.15, -0.1) is 0 Å². The zero-order valence-electron chi connectivity index (χ0n) is 66.6. The molecule has 0 aliphatic carbocycles. The number of ketones is 5.